The number of ether oxygens (including phenoxy) is 1. The number of urea groups is 1. The summed E-state index contributed by atoms with van der Waals surface area (Å²) in [4.78, 5) is 39.0. The first kappa shape index (κ1) is 19.5. The fourth-order valence-corrected chi connectivity index (χ4v) is 3.42. The Kier molecular flexibility index (Phi) is 5.18. The molecule has 2 aromatic carbocycles. The summed E-state index contributed by atoms with van der Waals surface area (Å²) in [6.07, 6.45) is 0.324. The number of carbonyl (C=O) groups is 3. The molecule has 0 spiro atoms. The van der Waals surface area contributed by atoms with Gasteiger partial charge in [0.15, 0.2) is 5.78 Å². The van der Waals surface area contributed by atoms with Crippen molar-refractivity contribution in [2.75, 3.05) is 13.7 Å². The third-order valence-electron chi connectivity index (χ3n) is 5.06. The Bertz CT molecular complexity index is 942. The van der Waals surface area contributed by atoms with Crippen molar-refractivity contribution in [2.24, 2.45) is 0 Å². The number of nitrogens with zero attached hydrogens (tertiary/aromatic N) is 1. The quantitative estimate of drug-likeness (QED) is 0.613. The molecular weight excluding hydrogens is 363 g/mol. The van der Waals surface area contributed by atoms with Gasteiger partial charge >= 0.3 is 6.03 Å². The highest BCUT2D eigenvalue weighted by Gasteiger charge is 2.51. The number of nitrogens with one attached hydrogen (secondary N) is 1. The molecule has 6 nitrogen and oxygen atoms in total. The largest absolute Gasteiger partial charge is 0.496 e. The van der Waals surface area contributed by atoms with Crippen LogP contribution in [0, 0.1) is 12.7 Å². The number of halogens is 1. The summed E-state index contributed by atoms with van der Waals surface area (Å²) in [6.45, 7) is 3.24. The van der Waals surface area contributed by atoms with E-state index in [1.165, 1.54) is 12.1 Å². The van der Waals surface area contributed by atoms with E-state index in [9.17, 15) is 18.8 Å². The monoisotopic (exact) mass is 384 g/mol. The zero-order valence-electron chi connectivity index (χ0n) is 15.9. The van der Waals surface area contributed by atoms with Crippen molar-refractivity contribution >= 4 is 17.7 Å². The molecule has 146 valence electrons. The van der Waals surface area contributed by atoms with Gasteiger partial charge in [-0.2, -0.15) is 0 Å². The molecule has 1 atom stereocenters. The highest BCUT2D eigenvalue weighted by Crippen LogP contribution is 2.34. The highest BCUT2D eigenvalue weighted by atomic mass is 19.1. The standard InChI is InChI=1S/C21H21FN2O4/c1-4-21(15-7-10-18(28-3)13(2)11-15)19(26)24(20(27)23-21)12-17(25)14-5-8-16(22)9-6-14/h5-11H,4,12H2,1-3H3,(H,23,27). The van der Waals surface area contributed by atoms with Crippen molar-refractivity contribution in [3.8, 4) is 5.75 Å². The second kappa shape index (κ2) is 7.42. The molecule has 0 aliphatic carbocycles. The lowest BCUT2D eigenvalue weighted by molar-refractivity contribution is -0.131. The first-order valence-corrected chi connectivity index (χ1v) is 8.90. The van der Waals surface area contributed by atoms with E-state index in [0.29, 0.717) is 17.7 Å². The minimum Gasteiger partial charge on any atom is -0.496 e. The van der Waals surface area contributed by atoms with Crippen LogP contribution < -0.4 is 10.1 Å². The smallest absolute Gasteiger partial charge is 0.325 e. The second-order valence-corrected chi connectivity index (χ2v) is 6.69. The van der Waals surface area contributed by atoms with E-state index in [2.05, 4.69) is 5.32 Å². The van der Waals surface area contributed by atoms with Crippen molar-refractivity contribution < 1.29 is 23.5 Å². The molecule has 0 saturated carbocycles. The van der Waals surface area contributed by atoms with E-state index in [-0.39, 0.29) is 5.56 Å². The maximum absolute atomic E-state index is 13.2. The Labute approximate surface area is 162 Å². The highest BCUT2D eigenvalue weighted by molar-refractivity contribution is 6.11. The van der Waals surface area contributed by atoms with Gasteiger partial charge in [0.1, 0.15) is 17.1 Å². The zero-order valence-corrected chi connectivity index (χ0v) is 15.9. The minimum absolute atomic E-state index is 0.233. The molecule has 3 rings (SSSR count). The zero-order chi connectivity index (χ0) is 20.5. The molecule has 1 N–H and O–H groups in total. The number of carbonyl (C=O) groups excluding carboxylic acids is 3. The van der Waals surface area contributed by atoms with Crippen LogP contribution in [0.5, 0.6) is 5.75 Å². The maximum atomic E-state index is 13.2. The second-order valence-electron chi connectivity index (χ2n) is 6.69. The molecule has 1 aliphatic heterocycles. The Morgan fingerprint density at radius 1 is 1.18 bits per heavy atom. The fourth-order valence-electron chi connectivity index (χ4n) is 3.42. The summed E-state index contributed by atoms with van der Waals surface area (Å²) in [5.74, 6) is -0.720. The number of ketones is 1. The third kappa shape index (κ3) is 3.24. The van der Waals surface area contributed by atoms with E-state index in [0.717, 1.165) is 22.6 Å². The maximum Gasteiger partial charge on any atom is 0.325 e. The van der Waals surface area contributed by atoms with E-state index in [1.54, 1.807) is 32.2 Å². The summed E-state index contributed by atoms with van der Waals surface area (Å²) >= 11 is 0. The van der Waals surface area contributed by atoms with Gasteiger partial charge in [-0.3, -0.25) is 14.5 Å². The number of Topliss-reactive ketones (excluding diaryl/α,β-unsaturated/α-hetero) is 1. The number of benzene rings is 2. The molecular formula is C21H21FN2O4. The van der Waals surface area contributed by atoms with Crippen LogP contribution in [0.4, 0.5) is 9.18 Å². The lowest BCUT2D eigenvalue weighted by Gasteiger charge is -2.26. The lowest BCUT2D eigenvalue weighted by Crippen LogP contribution is -2.44. The van der Waals surface area contributed by atoms with Gasteiger partial charge in [-0.25, -0.2) is 9.18 Å². The molecule has 1 heterocycles. The molecule has 1 aliphatic rings. The molecule has 28 heavy (non-hydrogen) atoms. The predicted molar refractivity (Wildman–Crippen MR) is 101 cm³/mol. The van der Waals surface area contributed by atoms with Gasteiger partial charge in [0.2, 0.25) is 0 Å². The average Bonchev–Trinajstić information content (AvgIpc) is 2.93. The van der Waals surface area contributed by atoms with Gasteiger partial charge in [-0.05, 0) is 60.9 Å². The van der Waals surface area contributed by atoms with Gasteiger partial charge in [-0.1, -0.05) is 13.0 Å². The van der Waals surface area contributed by atoms with Gasteiger partial charge < -0.3 is 10.1 Å². The van der Waals surface area contributed by atoms with E-state index >= 15 is 0 Å². The van der Waals surface area contributed by atoms with Gasteiger partial charge in [0, 0.05) is 5.56 Å². The summed E-state index contributed by atoms with van der Waals surface area (Å²) in [7, 11) is 1.56. The van der Waals surface area contributed by atoms with Gasteiger partial charge in [0.25, 0.3) is 5.91 Å². The fraction of sp³-hybridized carbons (Fsp3) is 0.286. The SMILES string of the molecule is CCC1(c2ccc(OC)c(C)c2)NC(=O)N(CC(=O)c2ccc(F)cc2)C1=O. The lowest BCUT2D eigenvalue weighted by atomic mass is 9.86. The van der Waals surface area contributed by atoms with E-state index in [1.807, 2.05) is 6.92 Å². The van der Waals surface area contributed by atoms with Crippen LogP contribution in [-0.2, 0) is 10.3 Å². The summed E-state index contributed by atoms with van der Waals surface area (Å²) in [6, 6.07) is 9.63. The average molecular weight is 384 g/mol. The topological polar surface area (TPSA) is 75.7 Å². The summed E-state index contributed by atoms with van der Waals surface area (Å²) in [5.41, 5.74) is 0.451. The van der Waals surface area contributed by atoms with Crippen molar-refractivity contribution in [2.45, 2.75) is 25.8 Å². The minimum atomic E-state index is -1.24. The summed E-state index contributed by atoms with van der Waals surface area (Å²) in [5, 5.41) is 2.75. The van der Waals surface area contributed by atoms with Gasteiger partial charge in [0.05, 0.1) is 13.7 Å². The van der Waals surface area contributed by atoms with Crippen molar-refractivity contribution in [3.63, 3.8) is 0 Å². The van der Waals surface area contributed by atoms with Crippen molar-refractivity contribution in [1.29, 1.82) is 0 Å². The molecule has 1 saturated heterocycles. The van der Waals surface area contributed by atoms with Crippen LogP contribution in [0.2, 0.25) is 0 Å². The molecule has 1 fully saturated rings. The van der Waals surface area contributed by atoms with Gasteiger partial charge in [-0.15, -0.1) is 0 Å². The first-order valence-electron chi connectivity index (χ1n) is 8.90. The summed E-state index contributed by atoms with van der Waals surface area (Å²) < 4.78 is 18.3. The number of hydrogen-bond acceptors (Lipinski definition) is 4. The number of hydrogen-bond donors (Lipinski definition) is 1. The van der Waals surface area contributed by atoms with Crippen LogP contribution >= 0.6 is 0 Å². The molecule has 7 heteroatoms. The van der Waals surface area contributed by atoms with Crippen LogP contribution in [0.1, 0.15) is 34.8 Å². The third-order valence-corrected chi connectivity index (χ3v) is 5.06. The van der Waals surface area contributed by atoms with Crippen molar-refractivity contribution in [1.82, 2.24) is 10.2 Å². The predicted octanol–water partition coefficient (Wildman–Crippen LogP) is 3.18. The van der Waals surface area contributed by atoms with Crippen LogP contribution in [0.25, 0.3) is 0 Å². The van der Waals surface area contributed by atoms with Crippen LogP contribution in [0.3, 0.4) is 0 Å². The van der Waals surface area contributed by atoms with Crippen LogP contribution in [-0.4, -0.2) is 36.3 Å². The van der Waals surface area contributed by atoms with E-state index in [4.69, 9.17) is 4.74 Å². The molecule has 3 amide bonds. The molecule has 2 aromatic rings. The molecule has 0 bridgehead atoms. The Hall–Kier alpha value is -3.22. The number of rotatable bonds is 6. The Balaban J connectivity index is 1.89. The number of aryl methyl sites for hydroxylation is 1. The normalized spacial score (nSPS) is 18.9. The first-order chi connectivity index (χ1) is 13.3. The van der Waals surface area contributed by atoms with E-state index < -0.39 is 35.6 Å². The van der Waals surface area contributed by atoms with Crippen LogP contribution in [0.15, 0.2) is 42.5 Å². The molecule has 0 radical (unpaired) electrons. The Morgan fingerprint density at radius 3 is 2.43 bits per heavy atom. The number of amides is 3. The number of methoxy groups -OCH3 is 1. The Morgan fingerprint density at radius 2 is 1.86 bits per heavy atom. The number of imide groups is 1. The molecule has 1 unspecified atom stereocenters. The van der Waals surface area contributed by atoms with Crippen molar-refractivity contribution in [3.05, 3.63) is 65.0 Å². The molecule has 0 aromatic heterocycles.